The van der Waals surface area contributed by atoms with E-state index >= 15 is 0 Å². The molecule has 1 heterocycles. The molecule has 0 N–H and O–H groups in total. The zero-order chi connectivity index (χ0) is 9.80. The van der Waals surface area contributed by atoms with Gasteiger partial charge in [0.1, 0.15) is 12.4 Å². The van der Waals surface area contributed by atoms with Crippen LogP contribution in [0.15, 0.2) is 6.33 Å². The van der Waals surface area contributed by atoms with Crippen molar-refractivity contribution >= 4 is 0 Å². The van der Waals surface area contributed by atoms with Crippen molar-refractivity contribution in [2.75, 3.05) is 0 Å². The lowest BCUT2D eigenvalue weighted by Crippen LogP contribution is -2.16. The molecule has 0 bridgehead atoms. The lowest BCUT2D eigenvalue weighted by molar-refractivity contribution is 0.307. The van der Waals surface area contributed by atoms with E-state index in [0.717, 1.165) is 6.54 Å². The quantitative estimate of drug-likeness (QED) is 0.713. The molecule has 0 spiro atoms. The fourth-order valence-corrected chi connectivity index (χ4v) is 2.10. The average molecular weight is 190 g/mol. The average Bonchev–Trinajstić information content (AvgIpc) is 2.67. The Morgan fingerprint density at radius 3 is 2.93 bits per heavy atom. The summed E-state index contributed by atoms with van der Waals surface area (Å²) < 4.78 is 1.73. The standard InChI is InChI=1S/C10H14N4/c11-6-10-12-8-13-14(10)7-9-4-2-1-3-5-9/h8-9H,1-5,7H2. The molecule has 0 saturated heterocycles. The van der Waals surface area contributed by atoms with Gasteiger partial charge in [-0.05, 0) is 18.8 Å². The minimum Gasteiger partial charge on any atom is -0.237 e. The molecule has 4 nitrogen and oxygen atoms in total. The zero-order valence-corrected chi connectivity index (χ0v) is 8.19. The van der Waals surface area contributed by atoms with Gasteiger partial charge in [0.05, 0.1) is 0 Å². The summed E-state index contributed by atoms with van der Waals surface area (Å²) in [5, 5.41) is 12.8. The lowest BCUT2D eigenvalue weighted by atomic mass is 9.89. The van der Waals surface area contributed by atoms with Gasteiger partial charge < -0.3 is 0 Å². The largest absolute Gasteiger partial charge is 0.237 e. The van der Waals surface area contributed by atoms with Crippen LogP contribution in [-0.4, -0.2) is 14.8 Å². The number of hydrogen-bond acceptors (Lipinski definition) is 3. The van der Waals surface area contributed by atoms with Crippen molar-refractivity contribution in [1.82, 2.24) is 14.8 Å². The van der Waals surface area contributed by atoms with E-state index < -0.39 is 0 Å². The Labute approximate surface area is 83.6 Å². The van der Waals surface area contributed by atoms with E-state index in [9.17, 15) is 0 Å². The minimum atomic E-state index is 0.440. The van der Waals surface area contributed by atoms with Gasteiger partial charge >= 0.3 is 0 Å². The van der Waals surface area contributed by atoms with Gasteiger partial charge in [-0.1, -0.05) is 19.3 Å². The van der Waals surface area contributed by atoms with Crippen molar-refractivity contribution in [2.24, 2.45) is 5.92 Å². The molecule has 0 amide bonds. The van der Waals surface area contributed by atoms with Crippen molar-refractivity contribution in [3.05, 3.63) is 12.2 Å². The molecule has 0 aromatic carbocycles. The smallest absolute Gasteiger partial charge is 0.230 e. The van der Waals surface area contributed by atoms with Gasteiger partial charge in [0, 0.05) is 6.54 Å². The Kier molecular flexibility index (Phi) is 2.78. The maximum Gasteiger partial charge on any atom is 0.230 e. The fourth-order valence-electron chi connectivity index (χ4n) is 2.10. The summed E-state index contributed by atoms with van der Waals surface area (Å²) in [5.74, 6) is 1.13. The molecular weight excluding hydrogens is 176 g/mol. The van der Waals surface area contributed by atoms with Gasteiger partial charge in [-0.2, -0.15) is 10.4 Å². The van der Waals surface area contributed by atoms with E-state index in [2.05, 4.69) is 16.2 Å². The molecule has 0 radical (unpaired) electrons. The molecule has 1 aliphatic rings. The third-order valence-electron chi connectivity index (χ3n) is 2.87. The third kappa shape index (κ3) is 1.92. The van der Waals surface area contributed by atoms with Crippen LogP contribution in [0.1, 0.15) is 37.9 Å². The molecule has 1 aliphatic carbocycles. The van der Waals surface area contributed by atoms with E-state index in [1.165, 1.54) is 38.4 Å². The summed E-state index contributed by atoms with van der Waals surface area (Å²) in [6.45, 7) is 0.864. The van der Waals surface area contributed by atoms with Crippen LogP contribution in [0, 0.1) is 17.2 Å². The molecule has 1 fully saturated rings. The normalized spacial score (nSPS) is 17.9. The van der Waals surface area contributed by atoms with Gasteiger partial charge in [-0.3, -0.25) is 0 Å². The highest BCUT2D eigenvalue weighted by Gasteiger charge is 2.15. The molecule has 1 aromatic rings. The maximum atomic E-state index is 8.76. The Morgan fingerprint density at radius 1 is 1.43 bits per heavy atom. The molecule has 74 valence electrons. The van der Waals surface area contributed by atoms with E-state index in [1.54, 1.807) is 4.68 Å². The predicted molar refractivity (Wildman–Crippen MR) is 51.3 cm³/mol. The van der Waals surface area contributed by atoms with Crippen molar-refractivity contribution in [3.8, 4) is 6.07 Å². The van der Waals surface area contributed by atoms with Crippen LogP contribution in [0.5, 0.6) is 0 Å². The number of hydrogen-bond donors (Lipinski definition) is 0. The van der Waals surface area contributed by atoms with E-state index in [1.807, 2.05) is 0 Å². The molecule has 1 saturated carbocycles. The summed E-state index contributed by atoms with van der Waals surface area (Å²) in [6.07, 6.45) is 8.00. The molecule has 4 heteroatoms. The van der Waals surface area contributed by atoms with Crippen LogP contribution in [-0.2, 0) is 6.54 Å². The topological polar surface area (TPSA) is 54.5 Å². The fraction of sp³-hybridized carbons (Fsp3) is 0.700. The van der Waals surface area contributed by atoms with E-state index in [4.69, 9.17) is 5.26 Å². The zero-order valence-electron chi connectivity index (χ0n) is 8.19. The second-order valence-corrected chi connectivity index (χ2v) is 3.88. The third-order valence-corrected chi connectivity index (χ3v) is 2.87. The molecule has 0 atom stereocenters. The first kappa shape index (κ1) is 9.20. The SMILES string of the molecule is N#Cc1ncnn1CC1CCCCC1. The van der Waals surface area contributed by atoms with E-state index in [0.29, 0.717) is 11.7 Å². The summed E-state index contributed by atoms with van der Waals surface area (Å²) in [7, 11) is 0. The predicted octanol–water partition coefficient (Wildman–Crippen LogP) is 1.73. The maximum absolute atomic E-state index is 8.76. The number of nitriles is 1. The molecular formula is C10H14N4. The Bertz CT molecular complexity index is 330. The molecule has 1 aromatic heterocycles. The minimum absolute atomic E-state index is 0.440. The second-order valence-electron chi connectivity index (χ2n) is 3.88. The van der Waals surface area contributed by atoms with Crippen LogP contribution in [0.2, 0.25) is 0 Å². The summed E-state index contributed by atoms with van der Waals surface area (Å²) >= 11 is 0. The molecule has 14 heavy (non-hydrogen) atoms. The van der Waals surface area contributed by atoms with Crippen LogP contribution in [0.3, 0.4) is 0 Å². The highest BCUT2D eigenvalue weighted by atomic mass is 15.3. The second kappa shape index (κ2) is 4.23. The van der Waals surface area contributed by atoms with Gasteiger partial charge in [-0.15, -0.1) is 0 Å². The summed E-state index contributed by atoms with van der Waals surface area (Å²) in [5.41, 5.74) is 0. The highest BCUT2D eigenvalue weighted by molar-refractivity contribution is 5.07. The monoisotopic (exact) mass is 190 g/mol. The van der Waals surface area contributed by atoms with Crippen molar-refractivity contribution in [3.63, 3.8) is 0 Å². The summed E-state index contributed by atoms with van der Waals surface area (Å²) in [6, 6.07) is 2.05. The van der Waals surface area contributed by atoms with Crippen LogP contribution < -0.4 is 0 Å². The number of nitrogens with zero attached hydrogens (tertiary/aromatic N) is 4. The Hall–Kier alpha value is -1.37. The first-order valence-electron chi connectivity index (χ1n) is 5.18. The van der Waals surface area contributed by atoms with Crippen LogP contribution >= 0.6 is 0 Å². The van der Waals surface area contributed by atoms with Crippen LogP contribution in [0.25, 0.3) is 0 Å². The van der Waals surface area contributed by atoms with Gasteiger partial charge in [0.15, 0.2) is 0 Å². The first-order chi connectivity index (χ1) is 6.90. The molecule has 2 rings (SSSR count). The molecule has 0 unspecified atom stereocenters. The lowest BCUT2D eigenvalue weighted by Gasteiger charge is -2.21. The first-order valence-corrected chi connectivity index (χ1v) is 5.18. The van der Waals surface area contributed by atoms with Crippen molar-refractivity contribution < 1.29 is 0 Å². The Balaban J connectivity index is 1.99. The molecule has 0 aliphatic heterocycles. The van der Waals surface area contributed by atoms with Crippen molar-refractivity contribution in [1.29, 1.82) is 5.26 Å². The number of aromatic nitrogens is 3. The highest BCUT2D eigenvalue weighted by Crippen LogP contribution is 2.24. The van der Waals surface area contributed by atoms with Gasteiger partial charge in [-0.25, -0.2) is 9.67 Å². The van der Waals surface area contributed by atoms with Gasteiger partial charge in [0.2, 0.25) is 5.82 Å². The van der Waals surface area contributed by atoms with Crippen molar-refractivity contribution in [2.45, 2.75) is 38.6 Å². The Morgan fingerprint density at radius 2 is 2.21 bits per heavy atom. The summed E-state index contributed by atoms with van der Waals surface area (Å²) in [4.78, 5) is 3.89. The van der Waals surface area contributed by atoms with Gasteiger partial charge in [0.25, 0.3) is 0 Å². The van der Waals surface area contributed by atoms with E-state index in [-0.39, 0.29) is 0 Å². The number of rotatable bonds is 2. The van der Waals surface area contributed by atoms with Crippen LogP contribution in [0.4, 0.5) is 0 Å².